The van der Waals surface area contributed by atoms with Crippen molar-refractivity contribution in [2.75, 3.05) is 0 Å². The van der Waals surface area contributed by atoms with E-state index in [0.717, 1.165) is 5.30 Å². The summed E-state index contributed by atoms with van der Waals surface area (Å²) in [5, 5.41) is 0.954. The second-order valence-corrected chi connectivity index (χ2v) is 10.4. The molecule has 0 amide bonds. The second kappa shape index (κ2) is 3.27. The SMILES string of the molecule is S=P(S)(Cl)c1ccccc1. The Hall–Kier alpha value is 0.510. The highest BCUT2D eigenvalue weighted by Crippen LogP contribution is 2.54. The number of hydrogen-bond donors (Lipinski definition) is 1. The van der Waals surface area contributed by atoms with Gasteiger partial charge >= 0.3 is 0 Å². The summed E-state index contributed by atoms with van der Waals surface area (Å²) in [5.41, 5.74) is 0. The fourth-order valence-electron chi connectivity index (χ4n) is 0.612. The minimum Gasteiger partial charge on any atom is -0.122 e. The molecule has 0 aromatic heterocycles. The van der Waals surface area contributed by atoms with Gasteiger partial charge in [-0.05, 0) is 0 Å². The van der Waals surface area contributed by atoms with Crippen LogP contribution in [0.2, 0.25) is 0 Å². The molecule has 0 saturated carbocycles. The molecule has 1 atom stereocenters. The van der Waals surface area contributed by atoms with E-state index in [1.165, 1.54) is 0 Å². The van der Waals surface area contributed by atoms with Crippen molar-refractivity contribution in [1.29, 1.82) is 0 Å². The number of thiol groups is 1. The third kappa shape index (κ3) is 2.28. The second-order valence-electron chi connectivity index (χ2n) is 1.84. The van der Waals surface area contributed by atoms with Crippen molar-refractivity contribution in [1.82, 2.24) is 0 Å². The Balaban J connectivity index is 3.09. The topological polar surface area (TPSA) is 0 Å². The van der Waals surface area contributed by atoms with Crippen molar-refractivity contribution in [3.8, 4) is 0 Å². The van der Waals surface area contributed by atoms with Crippen LogP contribution in [0.1, 0.15) is 0 Å². The molecule has 0 aliphatic heterocycles. The quantitative estimate of drug-likeness (QED) is 0.547. The molecule has 1 unspecified atom stereocenters. The van der Waals surface area contributed by atoms with Crippen LogP contribution >= 0.6 is 28.1 Å². The van der Waals surface area contributed by atoms with Crippen molar-refractivity contribution in [2.45, 2.75) is 0 Å². The Labute approximate surface area is 75.6 Å². The largest absolute Gasteiger partial charge is 0.122 e. The first-order chi connectivity index (χ1) is 4.61. The highest BCUT2D eigenvalue weighted by molar-refractivity contribution is 8.73. The smallest absolute Gasteiger partial charge is 0.113 e. The third-order valence-corrected chi connectivity index (χ3v) is 3.92. The zero-order chi connectivity index (χ0) is 7.61. The van der Waals surface area contributed by atoms with E-state index in [4.69, 9.17) is 23.0 Å². The van der Waals surface area contributed by atoms with Crippen molar-refractivity contribution in [3.63, 3.8) is 0 Å². The Bertz CT molecular complexity index is 254. The first kappa shape index (κ1) is 8.61. The summed E-state index contributed by atoms with van der Waals surface area (Å²) in [7, 11) is 0. The molecule has 0 aliphatic carbocycles. The van der Waals surface area contributed by atoms with Gasteiger partial charge in [0.2, 0.25) is 0 Å². The normalized spacial score (nSPS) is 16.2. The van der Waals surface area contributed by atoms with E-state index in [0.29, 0.717) is 0 Å². The molecule has 0 bridgehead atoms. The van der Waals surface area contributed by atoms with Crippen LogP contribution in [0.25, 0.3) is 0 Å². The maximum absolute atomic E-state index is 5.85. The van der Waals surface area contributed by atoms with E-state index in [-0.39, 0.29) is 0 Å². The highest BCUT2D eigenvalue weighted by Gasteiger charge is 2.07. The van der Waals surface area contributed by atoms with Gasteiger partial charge in [-0.1, -0.05) is 53.4 Å². The van der Waals surface area contributed by atoms with Crippen LogP contribution in [0.3, 0.4) is 0 Å². The molecule has 1 aromatic rings. The molecule has 1 aromatic carbocycles. The van der Waals surface area contributed by atoms with E-state index >= 15 is 0 Å². The minimum atomic E-state index is -2.02. The van der Waals surface area contributed by atoms with E-state index in [9.17, 15) is 0 Å². The average molecular weight is 209 g/mol. The van der Waals surface area contributed by atoms with Gasteiger partial charge in [0.1, 0.15) is 4.59 Å². The highest BCUT2D eigenvalue weighted by atomic mass is 35.7. The Morgan fingerprint density at radius 3 is 2.10 bits per heavy atom. The lowest BCUT2D eigenvalue weighted by atomic mass is 10.4. The summed E-state index contributed by atoms with van der Waals surface area (Å²) in [6, 6.07) is 9.56. The fraction of sp³-hybridized carbons (Fsp3) is 0. The van der Waals surface area contributed by atoms with E-state index in [2.05, 4.69) is 12.2 Å². The van der Waals surface area contributed by atoms with Crippen molar-refractivity contribution in [2.24, 2.45) is 0 Å². The van der Waals surface area contributed by atoms with Crippen LogP contribution in [-0.4, -0.2) is 0 Å². The van der Waals surface area contributed by atoms with Crippen LogP contribution in [0.5, 0.6) is 0 Å². The molecule has 0 saturated heterocycles. The van der Waals surface area contributed by atoms with Crippen molar-refractivity contribution < 1.29 is 0 Å². The lowest BCUT2D eigenvalue weighted by molar-refractivity contribution is 1.78. The predicted octanol–water partition coefficient (Wildman–Crippen LogP) is 2.79. The molecule has 0 N–H and O–H groups in total. The Kier molecular flexibility index (Phi) is 2.81. The minimum absolute atomic E-state index is 0.954. The summed E-state index contributed by atoms with van der Waals surface area (Å²) in [6.07, 6.45) is 0. The lowest BCUT2D eigenvalue weighted by Gasteiger charge is -2.04. The molecule has 0 fully saturated rings. The van der Waals surface area contributed by atoms with Gasteiger partial charge in [-0.25, -0.2) is 0 Å². The van der Waals surface area contributed by atoms with E-state index < -0.39 is 4.59 Å². The predicted molar refractivity (Wildman–Crippen MR) is 55.2 cm³/mol. The summed E-state index contributed by atoms with van der Waals surface area (Å²) >= 11 is 15.0. The molecular formula is C6H6ClPS2. The summed E-state index contributed by atoms with van der Waals surface area (Å²) in [6.45, 7) is 0. The number of benzene rings is 1. The van der Waals surface area contributed by atoms with Crippen LogP contribution in [-0.2, 0) is 11.8 Å². The standard InChI is InChI=1S/C6H6ClPS2/c7-8(9,10)6-4-2-1-3-5-6/h1-5H,(H,9,10). The zero-order valence-electron chi connectivity index (χ0n) is 5.07. The summed E-state index contributed by atoms with van der Waals surface area (Å²) in [4.78, 5) is 0. The third-order valence-electron chi connectivity index (χ3n) is 1.07. The van der Waals surface area contributed by atoms with Crippen LogP contribution in [0.15, 0.2) is 30.3 Å². The number of halogens is 1. The van der Waals surface area contributed by atoms with Crippen LogP contribution in [0, 0.1) is 0 Å². The summed E-state index contributed by atoms with van der Waals surface area (Å²) in [5.74, 6) is 0. The van der Waals surface area contributed by atoms with Gasteiger partial charge < -0.3 is 0 Å². The molecule has 0 heterocycles. The Morgan fingerprint density at radius 2 is 1.80 bits per heavy atom. The van der Waals surface area contributed by atoms with Crippen molar-refractivity contribution in [3.05, 3.63) is 30.3 Å². The molecular weight excluding hydrogens is 203 g/mol. The van der Waals surface area contributed by atoms with Gasteiger partial charge in [-0.2, -0.15) is 0 Å². The van der Waals surface area contributed by atoms with Gasteiger partial charge in [-0.3, -0.25) is 0 Å². The van der Waals surface area contributed by atoms with Gasteiger partial charge in [-0.15, -0.1) is 12.2 Å². The molecule has 0 radical (unpaired) electrons. The summed E-state index contributed by atoms with van der Waals surface area (Å²) < 4.78 is -2.02. The molecule has 1 rings (SSSR count). The van der Waals surface area contributed by atoms with Crippen LogP contribution < -0.4 is 5.30 Å². The lowest BCUT2D eigenvalue weighted by Crippen LogP contribution is -1.93. The van der Waals surface area contributed by atoms with E-state index in [1.54, 1.807) is 0 Å². The molecule has 0 aliphatic rings. The van der Waals surface area contributed by atoms with Crippen molar-refractivity contribution >= 4 is 45.2 Å². The first-order valence-corrected chi connectivity index (χ1v) is 7.55. The maximum atomic E-state index is 5.85. The van der Waals surface area contributed by atoms with Gasteiger partial charge in [0.25, 0.3) is 0 Å². The molecule has 0 nitrogen and oxygen atoms in total. The first-order valence-electron chi connectivity index (χ1n) is 2.69. The average Bonchev–Trinajstić information content (AvgIpc) is 1.88. The number of rotatable bonds is 1. The molecule has 0 spiro atoms. The molecule has 54 valence electrons. The fourth-order valence-corrected chi connectivity index (χ4v) is 2.25. The van der Waals surface area contributed by atoms with E-state index in [1.807, 2.05) is 30.3 Å². The molecule has 4 heteroatoms. The maximum Gasteiger partial charge on any atom is 0.113 e. The van der Waals surface area contributed by atoms with Gasteiger partial charge in [0.05, 0.1) is 0 Å². The zero-order valence-corrected chi connectivity index (χ0v) is 8.43. The number of hydrogen-bond acceptors (Lipinski definition) is 1. The van der Waals surface area contributed by atoms with Crippen LogP contribution in [0.4, 0.5) is 0 Å². The molecule has 10 heavy (non-hydrogen) atoms. The monoisotopic (exact) mass is 208 g/mol. The van der Waals surface area contributed by atoms with Gasteiger partial charge in [0.15, 0.2) is 0 Å². The Morgan fingerprint density at radius 1 is 1.30 bits per heavy atom. The van der Waals surface area contributed by atoms with Gasteiger partial charge in [0, 0.05) is 5.30 Å².